The second-order valence-electron chi connectivity index (χ2n) is 9.64. The molecule has 3 heterocycles. The molecule has 0 amide bonds. The van der Waals surface area contributed by atoms with Gasteiger partial charge in [-0.05, 0) is 60.5 Å². The van der Waals surface area contributed by atoms with Crippen molar-refractivity contribution in [1.82, 2.24) is 14.3 Å². The average molecular weight is 498 g/mol. The molecular weight excluding hydrogens is 466 g/mol. The Morgan fingerprint density at radius 1 is 1.12 bits per heavy atom. The maximum atomic E-state index is 13.0. The average Bonchev–Trinajstić information content (AvgIpc) is 3.36. The molecule has 2 aliphatic rings. The SMILES string of the molecule is CC(C)[C@@H]1CCN([C@H]2CCOc3cc(S(=O)(=O)Cc4ncns4)ccc32)[C@H](c2ccccc2)C1. The van der Waals surface area contributed by atoms with Crippen LogP contribution in [0.4, 0.5) is 0 Å². The first-order chi connectivity index (χ1) is 16.4. The molecule has 0 N–H and O–H groups in total. The molecule has 3 atom stereocenters. The number of likely N-dealkylation sites (tertiary alicyclic amines) is 1. The molecule has 3 aromatic rings. The van der Waals surface area contributed by atoms with Gasteiger partial charge < -0.3 is 4.74 Å². The molecule has 0 bridgehead atoms. The highest BCUT2D eigenvalue weighted by Gasteiger charge is 2.38. The summed E-state index contributed by atoms with van der Waals surface area (Å²) in [5.41, 5.74) is 2.45. The molecule has 1 aromatic heterocycles. The molecule has 0 radical (unpaired) electrons. The zero-order valence-corrected chi connectivity index (χ0v) is 21.3. The summed E-state index contributed by atoms with van der Waals surface area (Å²) in [6.45, 7) is 6.28. The Morgan fingerprint density at radius 2 is 1.94 bits per heavy atom. The molecule has 0 aliphatic carbocycles. The standard InChI is InChI=1S/C26H31N3O3S2/c1-18(2)20-10-12-29(24(14-20)19-6-4-3-5-7-19)23-11-13-32-25-15-21(8-9-22(23)25)34(30,31)16-26-27-17-28-33-26/h3-9,15,17-18,20,23-24H,10-14,16H2,1-2H3/t20-,23+,24+/m1/s1. The topological polar surface area (TPSA) is 72.4 Å². The van der Waals surface area contributed by atoms with E-state index in [1.165, 1.54) is 18.3 Å². The van der Waals surface area contributed by atoms with Crippen molar-refractivity contribution in [2.24, 2.45) is 11.8 Å². The number of fused-ring (bicyclic) bond motifs is 1. The van der Waals surface area contributed by atoms with E-state index in [2.05, 4.69) is 58.4 Å². The lowest BCUT2D eigenvalue weighted by molar-refractivity contribution is 0.0346. The van der Waals surface area contributed by atoms with Crippen molar-refractivity contribution < 1.29 is 13.2 Å². The van der Waals surface area contributed by atoms with Crippen molar-refractivity contribution in [2.45, 2.75) is 55.8 Å². The van der Waals surface area contributed by atoms with Crippen molar-refractivity contribution in [3.63, 3.8) is 0 Å². The van der Waals surface area contributed by atoms with Crippen LogP contribution in [0.2, 0.25) is 0 Å². The lowest BCUT2D eigenvalue weighted by atomic mass is 9.79. The van der Waals surface area contributed by atoms with Crippen LogP contribution in [0.25, 0.3) is 0 Å². The van der Waals surface area contributed by atoms with Crippen LogP contribution in [0.5, 0.6) is 5.75 Å². The van der Waals surface area contributed by atoms with Crippen LogP contribution in [0, 0.1) is 11.8 Å². The number of benzene rings is 2. The summed E-state index contributed by atoms with van der Waals surface area (Å²) in [7, 11) is -3.52. The van der Waals surface area contributed by atoms with Crippen LogP contribution in [0.1, 0.15) is 61.3 Å². The number of ether oxygens (including phenoxy) is 1. The smallest absolute Gasteiger partial charge is 0.185 e. The number of piperidine rings is 1. The van der Waals surface area contributed by atoms with Crippen LogP contribution >= 0.6 is 11.5 Å². The third-order valence-electron chi connectivity index (χ3n) is 7.28. The highest BCUT2D eigenvalue weighted by molar-refractivity contribution is 7.90. The minimum Gasteiger partial charge on any atom is -0.493 e. The maximum Gasteiger partial charge on any atom is 0.185 e. The molecule has 8 heteroatoms. The fourth-order valence-electron chi connectivity index (χ4n) is 5.39. The maximum absolute atomic E-state index is 13.0. The van der Waals surface area contributed by atoms with E-state index < -0.39 is 9.84 Å². The number of aromatic nitrogens is 2. The van der Waals surface area contributed by atoms with Gasteiger partial charge in [-0.25, -0.2) is 13.4 Å². The number of rotatable bonds is 6. The van der Waals surface area contributed by atoms with E-state index in [1.54, 1.807) is 12.1 Å². The summed E-state index contributed by atoms with van der Waals surface area (Å²) < 4.78 is 35.9. The minimum atomic E-state index is -3.52. The largest absolute Gasteiger partial charge is 0.493 e. The Morgan fingerprint density at radius 3 is 2.68 bits per heavy atom. The van der Waals surface area contributed by atoms with Crippen LogP contribution in [-0.4, -0.2) is 35.8 Å². The van der Waals surface area contributed by atoms with E-state index in [1.807, 2.05) is 6.07 Å². The van der Waals surface area contributed by atoms with E-state index in [-0.39, 0.29) is 16.7 Å². The van der Waals surface area contributed by atoms with E-state index in [0.29, 0.717) is 35.2 Å². The van der Waals surface area contributed by atoms with Gasteiger partial charge in [-0.2, -0.15) is 4.37 Å². The summed E-state index contributed by atoms with van der Waals surface area (Å²) in [6.07, 6.45) is 4.62. The Bertz CT molecular complexity index is 1210. The molecule has 34 heavy (non-hydrogen) atoms. The first-order valence-electron chi connectivity index (χ1n) is 12.0. The van der Waals surface area contributed by atoms with Gasteiger partial charge in [0.2, 0.25) is 0 Å². The summed E-state index contributed by atoms with van der Waals surface area (Å²) in [6, 6.07) is 16.8. The van der Waals surface area contributed by atoms with E-state index >= 15 is 0 Å². The molecule has 180 valence electrons. The molecule has 2 aromatic carbocycles. The number of hydrogen-bond acceptors (Lipinski definition) is 7. The Balaban J connectivity index is 1.45. The molecule has 0 unspecified atom stereocenters. The Hall–Kier alpha value is -2.29. The van der Waals surface area contributed by atoms with Crippen molar-refractivity contribution in [3.05, 3.63) is 71.0 Å². The molecule has 2 aliphatic heterocycles. The van der Waals surface area contributed by atoms with Crippen molar-refractivity contribution in [3.8, 4) is 5.75 Å². The molecule has 0 spiro atoms. The minimum absolute atomic E-state index is 0.140. The third-order valence-corrected chi connectivity index (χ3v) is 9.75. The quantitative estimate of drug-likeness (QED) is 0.451. The summed E-state index contributed by atoms with van der Waals surface area (Å²) >= 11 is 1.11. The van der Waals surface area contributed by atoms with Crippen molar-refractivity contribution in [1.29, 1.82) is 0 Å². The predicted molar refractivity (Wildman–Crippen MR) is 134 cm³/mol. The van der Waals surface area contributed by atoms with Crippen LogP contribution in [-0.2, 0) is 15.6 Å². The number of sulfone groups is 1. The van der Waals surface area contributed by atoms with Crippen LogP contribution in [0.3, 0.4) is 0 Å². The Kier molecular flexibility index (Phi) is 6.73. The zero-order chi connectivity index (χ0) is 23.7. The summed E-state index contributed by atoms with van der Waals surface area (Å²) in [5.74, 6) is 1.91. The zero-order valence-electron chi connectivity index (χ0n) is 19.6. The molecular formula is C26H31N3O3S2. The van der Waals surface area contributed by atoms with Gasteiger partial charge >= 0.3 is 0 Å². The van der Waals surface area contributed by atoms with Gasteiger partial charge in [-0.15, -0.1) is 0 Å². The van der Waals surface area contributed by atoms with Crippen LogP contribution in [0.15, 0.2) is 59.8 Å². The summed E-state index contributed by atoms with van der Waals surface area (Å²) in [4.78, 5) is 6.94. The monoisotopic (exact) mass is 497 g/mol. The van der Waals surface area contributed by atoms with Crippen molar-refractivity contribution >= 4 is 21.4 Å². The van der Waals surface area contributed by atoms with E-state index in [0.717, 1.165) is 36.5 Å². The second-order valence-corrected chi connectivity index (χ2v) is 12.5. The first-order valence-corrected chi connectivity index (χ1v) is 14.4. The van der Waals surface area contributed by atoms with Gasteiger partial charge in [0.25, 0.3) is 0 Å². The highest BCUT2D eigenvalue weighted by atomic mass is 32.2. The van der Waals surface area contributed by atoms with Gasteiger partial charge in [0.1, 0.15) is 22.8 Å². The van der Waals surface area contributed by atoms with Gasteiger partial charge in [-0.3, -0.25) is 4.90 Å². The molecule has 1 fully saturated rings. The predicted octanol–water partition coefficient (Wildman–Crippen LogP) is 5.44. The lowest BCUT2D eigenvalue weighted by Crippen LogP contribution is -2.42. The number of hydrogen-bond donors (Lipinski definition) is 0. The highest BCUT2D eigenvalue weighted by Crippen LogP contribution is 2.46. The molecule has 1 saturated heterocycles. The van der Waals surface area contributed by atoms with E-state index in [4.69, 9.17) is 4.74 Å². The van der Waals surface area contributed by atoms with Gasteiger partial charge in [0.05, 0.1) is 11.5 Å². The molecule has 5 rings (SSSR count). The van der Waals surface area contributed by atoms with Crippen molar-refractivity contribution in [2.75, 3.05) is 13.2 Å². The molecule has 0 saturated carbocycles. The number of nitrogens with zero attached hydrogens (tertiary/aromatic N) is 3. The van der Waals surface area contributed by atoms with Gasteiger partial charge in [0, 0.05) is 24.1 Å². The van der Waals surface area contributed by atoms with Gasteiger partial charge in [-0.1, -0.05) is 50.2 Å². The third kappa shape index (κ3) is 4.76. The summed E-state index contributed by atoms with van der Waals surface area (Å²) in [5, 5.41) is 0.496. The normalized spacial score (nSPS) is 23.4. The Labute approximate surface area is 206 Å². The fraction of sp³-hybridized carbons (Fsp3) is 0.462. The van der Waals surface area contributed by atoms with E-state index in [9.17, 15) is 8.42 Å². The fourth-order valence-corrected chi connectivity index (χ4v) is 7.50. The molecule has 6 nitrogen and oxygen atoms in total. The van der Waals surface area contributed by atoms with Gasteiger partial charge in [0.15, 0.2) is 9.84 Å². The van der Waals surface area contributed by atoms with Crippen LogP contribution < -0.4 is 4.74 Å². The second kappa shape index (κ2) is 9.76. The first kappa shape index (κ1) is 23.5. The lowest BCUT2D eigenvalue weighted by Gasteiger charge is -2.46.